The Morgan fingerprint density at radius 2 is 1.85 bits per heavy atom. The number of esters is 1. The van der Waals surface area contributed by atoms with E-state index >= 15 is 0 Å². The minimum absolute atomic E-state index is 0.149. The van der Waals surface area contributed by atoms with Gasteiger partial charge in [-0.15, -0.1) is 11.3 Å². The number of ether oxygens (including phenoxy) is 1. The molecule has 0 unspecified atom stereocenters. The first-order valence-corrected chi connectivity index (χ1v) is 11.4. The zero-order valence-corrected chi connectivity index (χ0v) is 17.2. The van der Waals surface area contributed by atoms with Gasteiger partial charge in [0.15, 0.2) is 15.0 Å². The van der Waals surface area contributed by atoms with Crippen LogP contribution in [0.4, 0.5) is 5.13 Å². The molecule has 10 heteroatoms. The second-order valence-electron chi connectivity index (χ2n) is 5.68. The fraction of sp³-hybridized carbons (Fsp3) is 0.235. The highest BCUT2D eigenvalue weighted by Gasteiger charge is 2.20. The molecule has 3 aromatic rings. The monoisotopic (exact) mass is 424 g/mol. The smallest absolute Gasteiger partial charge is 0.348 e. The van der Waals surface area contributed by atoms with Crippen LogP contribution >= 0.6 is 22.7 Å². The number of sulfone groups is 1. The lowest BCUT2D eigenvalue weighted by molar-refractivity contribution is 0.0531. The lowest BCUT2D eigenvalue weighted by Crippen LogP contribution is -2.11. The van der Waals surface area contributed by atoms with Gasteiger partial charge in [0.25, 0.3) is 5.91 Å². The first kappa shape index (κ1) is 19.5. The number of fused-ring (bicyclic) bond motifs is 1. The molecule has 0 fully saturated rings. The third kappa shape index (κ3) is 4.02. The molecule has 0 saturated heterocycles. The molecule has 0 radical (unpaired) electrons. The van der Waals surface area contributed by atoms with E-state index in [4.69, 9.17) is 4.74 Å². The number of rotatable bonds is 5. The Hall–Kier alpha value is -2.30. The van der Waals surface area contributed by atoms with Crippen LogP contribution in [-0.2, 0) is 14.6 Å². The average Bonchev–Trinajstić information content (AvgIpc) is 3.13. The molecule has 7 nitrogen and oxygen atoms in total. The third-order valence-corrected chi connectivity index (χ3v) is 7.22. The van der Waals surface area contributed by atoms with Crippen molar-refractivity contribution in [2.24, 2.45) is 0 Å². The van der Waals surface area contributed by atoms with Crippen molar-refractivity contribution in [1.82, 2.24) is 4.98 Å². The molecule has 0 spiro atoms. The summed E-state index contributed by atoms with van der Waals surface area (Å²) >= 11 is 2.50. The Balaban J connectivity index is 1.80. The Bertz CT molecular complexity index is 1130. The topological polar surface area (TPSA) is 102 Å². The number of thiophene rings is 1. The number of thiazole rings is 1. The first-order chi connectivity index (χ1) is 12.7. The van der Waals surface area contributed by atoms with Crippen molar-refractivity contribution in [3.05, 3.63) is 40.3 Å². The number of carbonyl (C=O) groups excluding carboxylic acids is 2. The predicted molar refractivity (Wildman–Crippen MR) is 106 cm³/mol. The maximum atomic E-state index is 12.4. The van der Waals surface area contributed by atoms with Gasteiger partial charge in [0.05, 0.1) is 16.2 Å². The van der Waals surface area contributed by atoms with Crippen LogP contribution in [0.3, 0.4) is 0 Å². The molecule has 0 atom stereocenters. The largest absolute Gasteiger partial charge is 0.462 e. The molecule has 2 aromatic heterocycles. The summed E-state index contributed by atoms with van der Waals surface area (Å²) in [6, 6.07) is 5.68. The van der Waals surface area contributed by atoms with Gasteiger partial charge < -0.3 is 4.74 Å². The van der Waals surface area contributed by atoms with Crippen molar-refractivity contribution < 1.29 is 22.7 Å². The van der Waals surface area contributed by atoms with Gasteiger partial charge in [-0.2, -0.15) is 0 Å². The number of nitrogens with zero attached hydrogens (tertiary/aromatic N) is 1. The van der Waals surface area contributed by atoms with Crippen molar-refractivity contribution in [2.45, 2.75) is 18.7 Å². The van der Waals surface area contributed by atoms with Crippen molar-refractivity contribution in [3.63, 3.8) is 0 Å². The molecule has 0 aliphatic rings. The van der Waals surface area contributed by atoms with E-state index in [0.29, 0.717) is 27.0 Å². The maximum absolute atomic E-state index is 12.4. The second kappa shape index (κ2) is 7.37. The third-order valence-electron chi connectivity index (χ3n) is 3.70. The summed E-state index contributed by atoms with van der Waals surface area (Å²) in [5.41, 5.74) is 1.11. The minimum atomic E-state index is -3.31. The Morgan fingerprint density at radius 1 is 1.19 bits per heavy atom. The number of benzene rings is 1. The maximum Gasteiger partial charge on any atom is 0.348 e. The average molecular weight is 425 g/mol. The molecule has 0 bridgehead atoms. The summed E-state index contributed by atoms with van der Waals surface area (Å²) < 4.78 is 28.8. The number of hydrogen-bond donors (Lipinski definition) is 1. The molecular formula is C17H16N2O5S3. The quantitative estimate of drug-likeness (QED) is 0.629. The van der Waals surface area contributed by atoms with Crippen molar-refractivity contribution in [1.29, 1.82) is 0 Å². The Kier molecular flexibility index (Phi) is 5.31. The molecule has 27 heavy (non-hydrogen) atoms. The summed E-state index contributed by atoms with van der Waals surface area (Å²) in [7, 11) is -3.31. The molecule has 0 aliphatic carbocycles. The van der Waals surface area contributed by atoms with Gasteiger partial charge in [-0.1, -0.05) is 11.3 Å². The highest BCUT2D eigenvalue weighted by molar-refractivity contribution is 7.90. The Morgan fingerprint density at radius 3 is 2.41 bits per heavy atom. The van der Waals surface area contributed by atoms with E-state index in [1.807, 2.05) is 6.92 Å². The fourth-order valence-electron chi connectivity index (χ4n) is 2.36. The van der Waals surface area contributed by atoms with Crippen LogP contribution in [-0.4, -0.2) is 38.1 Å². The van der Waals surface area contributed by atoms with Crippen LogP contribution in [0.15, 0.2) is 29.2 Å². The summed E-state index contributed by atoms with van der Waals surface area (Å²) in [4.78, 5) is 30.0. The standard InChI is InChI=1S/C17H16N2O5S3/c1-4-24-16(21)13-9(2)12-15(25-13)19-17(26-12)18-14(20)10-5-7-11(8-6-10)27(3,22)23/h5-8H,4H2,1-3H3,(H,18,19,20). The van der Waals surface area contributed by atoms with Crippen LogP contribution in [0.1, 0.15) is 32.5 Å². The normalized spacial score (nSPS) is 11.5. The molecular weight excluding hydrogens is 408 g/mol. The van der Waals surface area contributed by atoms with E-state index in [2.05, 4.69) is 10.3 Å². The number of hydrogen-bond acceptors (Lipinski definition) is 8. The van der Waals surface area contributed by atoms with Gasteiger partial charge in [-0.25, -0.2) is 18.2 Å². The number of amides is 1. The van der Waals surface area contributed by atoms with Crippen LogP contribution < -0.4 is 5.32 Å². The van der Waals surface area contributed by atoms with Gasteiger partial charge in [-0.05, 0) is 43.7 Å². The van der Waals surface area contributed by atoms with E-state index in [9.17, 15) is 18.0 Å². The van der Waals surface area contributed by atoms with E-state index in [0.717, 1.165) is 16.5 Å². The lowest BCUT2D eigenvalue weighted by atomic mass is 10.2. The SMILES string of the molecule is CCOC(=O)c1sc2nc(NC(=O)c3ccc(S(C)(=O)=O)cc3)sc2c1C. The van der Waals surface area contributed by atoms with Crippen LogP contribution in [0.2, 0.25) is 0 Å². The molecule has 0 aliphatic heterocycles. The van der Waals surface area contributed by atoms with Gasteiger partial charge in [0, 0.05) is 11.8 Å². The minimum Gasteiger partial charge on any atom is -0.462 e. The van der Waals surface area contributed by atoms with Gasteiger partial charge >= 0.3 is 5.97 Å². The van der Waals surface area contributed by atoms with Crippen molar-refractivity contribution in [3.8, 4) is 0 Å². The number of anilines is 1. The van der Waals surface area contributed by atoms with Gasteiger partial charge in [0.1, 0.15) is 9.71 Å². The first-order valence-electron chi connectivity index (χ1n) is 7.89. The van der Waals surface area contributed by atoms with E-state index in [1.54, 1.807) is 6.92 Å². The summed E-state index contributed by atoms with van der Waals surface area (Å²) in [6.07, 6.45) is 1.11. The molecule has 1 amide bonds. The molecule has 3 rings (SSSR count). The summed E-state index contributed by atoms with van der Waals surface area (Å²) in [5.74, 6) is -0.763. The molecule has 2 heterocycles. The lowest BCUT2D eigenvalue weighted by Gasteiger charge is -2.03. The van der Waals surface area contributed by atoms with Crippen LogP contribution in [0.25, 0.3) is 9.53 Å². The highest BCUT2D eigenvalue weighted by atomic mass is 32.2. The second-order valence-corrected chi connectivity index (χ2v) is 9.69. The molecule has 0 saturated carbocycles. The van der Waals surface area contributed by atoms with E-state index in [1.165, 1.54) is 46.9 Å². The predicted octanol–water partition coefficient (Wildman–Crippen LogP) is 3.50. The van der Waals surface area contributed by atoms with Gasteiger partial charge in [0.2, 0.25) is 0 Å². The fourth-order valence-corrected chi connectivity index (χ4v) is 5.19. The highest BCUT2D eigenvalue weighted by Crippen LogP contribution is 2.37. The van der Waals surface area contributed by atoms with Crippen molar-refractivity contribution in [2.75, 3.05) is 18.2 Å². The van der Waals surface area contributed by atoms with Crippen LogP contribution in [0, 0.1) is 6.92 Å². The van der Waals surface area contributed by atoms with Gasteiger partial charge in [-0.3, -0.25) is 10.1 Å². The number of carbonyl (C=O) groups is 2. The van der Waals surface area contributed by atoms with E-state index in [-0.39, 0.29) is 16.8 Å². The summed E-state index contributed by atoms with van der Waals surface area (Å²) in [6.45, 7) is 3.87. The number of aryl methyl sites for hydroxylation is 1. The number of nitrogens with one attached hydrogen (secondary N) is 1. The molecule has 1 aromatic carbocycles. The zero-order valence-electron chi connectivity index (χ0n) is 14.7. The van der Waals surface area contributed by atoms with E-state index < -0.39 is 9.84 Å². The zero-order chi connectivity index (χ0) is 19.8. The van der Waals surface area contributed by atoms with Crippen molar-refractivity contribution >= 4 is 59.0 Å². The number of aromatic nitrogens is 1. The summed E-state index contributed by atoms with van der Waals surface area (Å²) in [5, 5.41) is 3.11. The van der Waals surface area contributed by atoms with Crippen LogP contribution in [0.5, 0.6) is 0 Å². The Labute approximate surface area is 163 Å². The molecule has 142 valence electrons. The molecule has 1 N–H and O–H groups in total.